The van der Waals surface area contributed by atoms with Gasteiger partial charge in [-0.1, -0.05) is 13.8 Å². The molecular weight excluding hydrogens is 270 g/mol. The van der Waals surface area contributed by atoms with Gasteiger partial charge in [-0.15, -0.1) is 11.3 Å². The summed E-state index contributed by atoms with van der Waals surface area (Å²) in [6, 6.07) is 8.34. The molecule has 20 heavy (non-hydrogen) atoms. The number of hydrogen-bond donors (Lipinski definition) is 1. The van der Waals surface area contributed by atoms with Crippen LogP contribution in [0.5, 0.6) is 0 Å². The Hall–Kier alpha value is -1.10. The highest BCUT2D eigenvalue weighted by Gasteiger charge is 2.14. The van der Waals surface area contributed by atoms with Crippen molar-refractivity contribution in [3.05, 3.63) is 46.0 Å². The number of aryl methyl sites for hydroxylation is 1. The van der Waals surface area contributed by atoms with E-state index in [1.54, 1.807) is 6.26 Å². The van der Waals surface area contributed by atoms with E-state index in [2.05, 4.69) is 38.2 Å². The third kappa shape index (κ3) is 4.78. The molecule has 0 aromatic carbocycles. The maximum absolute atomic E-state index is 5.76. The van der Waals surface area contributed by atoms with E-state index in [1.165, 1.54) is 9.75 Å². The van der Waals surface area contributed by atoms with Crippen LogP contribution in [-0.4, -0.2) is 13.2 Å². The number of thiophene rings is 1. The van der Waals surface area contributed by atoms with Crippen molar-refractivity contribution in [1.29, 1.82) is 0 Å². The molecular formula is C16H23NO2S. The molecule has 1 N–H and O–H groups in total. The van der Waals surface area contributed by atoms with Gasteiger partial charge in [-0.2, -0.15) is 0 Å². The highest BCUT2D eigenvalue weighted by molar-refractivity contribution is 7.11. The quantitative estimate of drug-likeness (QED) is 0.794. The fraction of sp³-hybridized carbons (Fsp3) is 0.500. The Morgan fingerprint density at radius 2 is 2.10 bits per heavy atom. The van der Waals surface area contributed by atoms with Crippen molar-refractivity contribution in [2.45, 2.75) is 33.4 Å². The van der Waals surface area contributed by atoms with Gasteiger partial charge in [0.15, 0.2) is 0 Å². The zero-order valence-corrected chi connectivity index (χ0v) is 13.2. The fourth-order valence-corrected chi connectivity index (χ4v) is 2.80. The van der Waals surface area contributed by atoms with E-state index in [9.17, 15) is 0 Å². The Morgan fingerprint density at radius 3 is 2.70 bits per heavy atom. The van der Waals surface area contributed by atoms with Crippen LogP contribution in [0.25, 0.3) is 0 Å². The molecule has 1 atom stereocenters. The summed E-state index contributed by atoms with van der Waals surface area (Å²) in [6.45, 7) is 8.69. The molecule has 110 valence electrons. The molecule has 0 spiro atoms. The van der Waals surface area contributed by atoms with Crippen molar-refractivity contribution >= 4 is 11.3 Å². The highest BCUT2D eigenvalue weighted by Crippen LogP contribution is 2.18. The van der Waals surface area contributed by atoms with Crippen LogP contribution in [0.4, 0.5) is 0 Å². The van der Waals surface area contributed by atoms with Gasteiger partial charge in [0, 0.05) is 22.9 Å². The summed E-state index contributed by atoms with van der Waals surface area (Å²) in [5.41, 5.74) is 0. The third-order valence-corrected chi connectivity index (χ3v) is 3.94. The second-order valence-electron chi connectivity index (χ2n) is 5.39. The summed E-state index contributed by atoms with van der Waals surface area (Å²) in [5.74, 6) is 1.48. The first-order chi connectivity index (χ1) is 9.65. The summed E-state index contributed by atoms with van der Waals surface area (Å²) in [7, 11) is 0. The van der Waals surface area contributed by atoms with E-state index in [0.29, 0.717) is 12.5 Å². The number of hydrogen-bond acceptors (Lipinski definition) is 4. The zero-order chi connectivity index (χ0) is 14.4. The Labute approximate surface area is 125 Å². The van der Waals surface area contributed by atoms with E-state index in [4.69, 9.17) is 9.15 Å². The lowest BCUT2D eigenvalue weighted by Crippen LogP contribution is -2.25. The molecule has 2 aromatic rings. The van der Waals surface area contributed by atoms with Crippen LogP contribution >= 0.6 is 11.3 Å². The molecule has 0 radical (unpaired) electrons. The van der Waals surface area contributed by atoms with Crippen molar-refractivity contribution in [2.24, 2.45) is 5.92 Å². The molecule has 2 rings (SSSR count). The number of rotatable bonds is 8. The molecule has 3 nitrogen and oxygen atoms in total. The Kier molecular flexibility index (Phi) is 5.83. The summed E-state index contributed by atoms with van der Waals surface area (Å²) in [5, 5.41) is 3.52. The smallest absolute Gasteiger partial charge is 0.123 e. The standard InChI is InChI=1S/C16H23NO2S/c1-12(2)10-18-11-15(16-5-4-8-19-16)17-9-14-7-6-13(3)20-14/h4-8,12,15,17H,9-11H2,1-3H3. The Morgan fingerprint density at radius 1 is 1.25 bits per heavy atom. The molecule has 0 amide bonds. The van der Waals surface area contributed by atoms with Crippen molar-refractivity contribution in [1.82, 2.24) is 5.32 Å². The van der Waals surface area contributed by atoms with Crippen LogP contribution in [0.2, 0.25) is 0 Å². The van der Waals surface area contributed by atoms with Gasteiger partial charge in [-0.3, -0.25) is 0 Å². The van der Waals surface area contributed by atoms with E-state index in [-0.39, 0.29) is 6.04 Å². The maximum Gasteiger partial charge on any atom is 0.123 e. The molecule has 1 unspecified atom stereocenters. The molecule has 0 aliphatic carbocycles. The molecule has 0 saturated heterocycles. The topological polar surface area (TPSA) is 34.4 Å². The normalized spacial score (nSPS) is 13.0. The Bertz CT molecular complexity index is 490. The predicted molar refractivity (Wildman–Crippen MR) is 83.0 cm³/mol. The van der Waals surface area contributed by atoms with E-state index >= 15 is 0 Å². The minimum Gasteiger partial charge on any atom is -0.468 e. The van der Waals surface area contributed by atoms with E-state index in [1.807, 2.05) is 23.5 Å². The molecule has 2 aromatic heterocycles. The van der Waals surface area contributed by atoms with Gasteiger partial charge in [0.2, 0.25) is 0 Å². The van der Waals surface area contributed by atoms with Gasteiger partial charge >= 0.3 is 0 Å². The van der Waals surface area contributed by atoms with Gasteiger partial charge in [-0.05, 0) is 37.1 Å². The lowest BCUT2D eigenvalue weighted by molar-refractivity contribution is 0.0845. The van der Waals surface area contributed by atoms with Crippen molar-refractivity contribution in [3.8, 4) is 0 Å². The Balaban J connectivity index is 1.89. The second kappa shape index (κ2) is 7.62. The van der Waals surface area contributed by atoms with Crippen LogP contribution in [0.1, 0.15) is 35.4 Å². The van der Waals surface area contributed by atoms with Crippen LogP contribution in [0, 0.1) is 12.8 Å². The monoisotopic (exact) mass is 293 g/mol. The van der Waals surface area contributed by atoms with Gasteiger partial charge in [0.05, 0.1) is 18.9 Å². The molecule has 0 saturated carbocycles. The van der Waals surface area contributed by atoms with Crippen molar-refractivity contribution in [3.63, 3.8) is 0 Å². The summed E-state index contributed by atoms with van der Waals surface area (Å²) in [6.07, 6.45) is 1.71. The maximum atomic E-state index is 5.76. The van der Waals surface area contributed by atoms with Crippen LogP contribution in [0.15, 0.2) is 34.9 Å². The van der Waals surface area contributed by atoms with Crippen molar-refractivity contribution < 1.29 is 9.15 Å². The SMILES string of the molecule is Cc1ccc(CNC(COCC(C)C)c2ccco2)s1. The average molecular weight is 293 g/mol. The average Bonchev–Trinajstić information content (AvgIpc) is 3.04. The number of furan rings is 1. The first kappa shape index (κ1) is 15.3. The third-order valence-electron chi connectivity index (χ3n) is 2.94. The fourth-order valence-electron chi connectivity index (χ4n) is 1.96. The van der Waals surface area contributed by atoms with Crippen LogP contribution < -0.4 is 5.32 Å². The summed E-state index contributed by atoms with van der Waals surface area (Å²) >= 11 is 1.82. The highest BCUT2D eigenvalue weighted by atomic mass is 32.1. The molecule has 0 bridgehead atoms. The van der Waals surface area contributed by atoms with Crippen LogP contribution in [0.3, 0.4) is 0 Å². The van der Waals surface area contributed by atoms with E-state index in [0.717, 1.165) is 18.9 Å². The first-order valence-corrected chi connectivity index (χ1v) is 7.86. The van der Waals surface area contributed by atoms with Gasteiger partial charge in [0.25, 0.3) is 0 Å². The van der Waals surface area contributed by atoms with Gasteiger partial charge in [0.1, 0.15) is 5.76 Å². The molecule has 0 aliphatic rings. The number of nitrogens with one attached hydrogen (secondary N) is 1. The molecule has 4 heteroatoms. The largest absolute Gasteiger partial charge is 0.468 e. The van der Waals surface area contributed by atoms with E-state index < -0.39 is 0 Å². The van der Waals surface area contributed by atoms with Gasteiger partial charge in [-0.25, -0.2) is 0 Å². The lowest BCUT2D eigenvalue weighted by Gasteiger charge is -2.17. The second-order valence-corrected chi connectivity index (χ2v) is 6.77. The lowest BCUT2D eigenvalue weighted by atomic mass is 10.2. The summed E-state index contributed by atoms with van der Waals surface area (Å²) < 4.78 is 11.3. The van der Waals surface area contributed by atoms with Crippen LogP contribution in [-0.2, 0) is 11.3 Å². The summed E-state index contributed by atoms with van der Waals surface area (Å²) in [4.78, 5) is 2.68. The molecule has 0 aliphatic heterocycles. The minimum absolute atomic E-state index is 0.103. The molecule has 2 heterocycles. The zero-order valence-electron chi connectivity index (χ0n) is 12.4. The first-order valence-electron chi connectivity index (χ1n) is 7.05. The van der Waals surface area contributed by atoms with Crippen molar-refractivity contribution in [2.75, 3.05) is 13.2 Å². The predicted octanol–water partition coefficient (Wildman–Crippen LogP) is 4.15. The van der Waals surface area contributed by atoms with Gasteiger partial charge < -0.3 is 14.5 Å². The molecule has 0 fully saturated rings. The minimum atomic E-state index is 0.103. The number of ether oxygens (including phenoxy) is 1.